The maximum absolute atomic E-state index is 10.5. The molecule has 7 nitrogen and oxygen atoms in total. The lowest BCUT2D eigenvalue weighted by molar-refractivity contribution is -0.757. The molecule has 2 heterocycles. The van der Waals surface area contributed by atoms with Gasteiger partial charge in [0, 0.05) is 17.9 Å². The van der Waals surface area contributed by atoms with Gasteiger partial charge in [0.05, 0.1) is 13.0 Å². The van der Waals surface area contributed by atoms with Crippen molar-refractivity contribution >= 4 is 5.97 Å². The van der Waals surface area contributed by atoms with Gasteiger partial charge in [-0.25, -0.2) is 0 Å². The molecule has 0 spiro atoms. The van der Waals surface area contributed by atoms with Crippen LogP contribution in [0, 0.1) is 10.1 Å². The number of carboxylic acids is 1. The minimum Gasteiger partial charge on any atom is -0.481 e. The quantitative estimate of drug-likeness (QED) is 0.490. The monoisotopic (exact) mass is 284 g/mol. The number of carboxylic acid groups (broad SMARTS) is 1. The van der Waals surface area contributed by atoms with Gasteiger partial charge < -0.3 is 14.5 Å². The smallest absolute Gasteiger partial charge is 0.309 e. The normalized spacial score (nSPS) is 12.2. The minimum absolute atomic E-state index is 0.153. The maximum atomic E-state index is 10.5. The van der Waals surface area contributed by atoms with Gasteiger partial charge in [-0.05, 0) is 31.4 Å². The van der Waals surface area contributed by atoms with Crippen molar-refractivity contribution in [3.63, 3.8) is 0 Å². The number of fused-ring (bicyclic) bond motifs is 1. The van der Waals surface area contributed by atoms with Gasteiger partial charge in [-0.3, -0.25) is 4.79 Å². The molecule has 0 bridgehead atoms. The maximum Gasteiger partial charge on any atom is 0.309 e. The molecule has 7 heteroatoms. The number of aromatic nitrogens is 1. The molecule has 1 aromatic rings. The van der Waals surface area contributed by atoms with Crippen LogP contribution in [0.1, 0.15) is 37.6 Å². The molecule has 2 rings (SSSR count). The zero-order chi connectivity index (χ0) is 15.0. The number of aryl methyl sites for hydroxylation is 1. The highest BCUT2D eigenvalue weighted by molar-refractivity contribution is 5.69. The lowest BCUT2D eigenvalue weighted by Gasteiger charge is -2.02. The number of aliphatic carboxylic acids is 1. The summed E-state index contributed by atoms with van der Waals surface area (Å²) in [5.41, 5.74) is 2.22. The molecule has 20 heavy (non-hydrogen) atoms. The Balaban J connectivity index is 0.000000221. The third-order valence-electron chi connectivity index (χ3n) is 3.00. The molecule has 0 saturated carbocycles. The lowest BCUT2D eigenvalue weighted by atomic mass is 10.3. The molecular weight excluding hydrogens is 264 g/mol. The number of carbonyl (C=O) groups is 1. The fourth-order valence-corrected chi connectivity index (χ4v) is 2.07. The van der Waals surface area contributed by atoms with Crippen molar-refractivity contribution in [1.29, 1.82) is 0 Å². The summed E-state index contributed by atoms with van der Waals surface area (Å²) in [5.74, 6) is -0.747. The zero-order valence-corrected chi connectivity index (χ0v) is 11.6. The fraction of sp³-hybridized carbons (Fsp3) is 0.615. The summed E-state index contributed by atoms with van der Waals surface area (Å²) in [4.78, 5) is 23.9. The van der Waals surface area contributed by atoms with E-state index in [4.69, 9.17) is 5.11 Å². The van der Waals surface area contributed by atoms with E-state index in [1.54, 1.807) is 0 Å². The van der Waals surface area contributed by atoms with Gasteiger partial charge in [-0.1, -0.05) is 13.3 Å². The van der Waals surface area contributed by atoms with Crippen molar-refractivity contribution in [1.82, 2.24) is 4.57 Å². The summed E-state index contributed by atoms with van der Waals surface area (Å²) in [5, 5.41) is 17.3. The van der Waals surface area contributed by atoms with Crippen molar-refractivity contribution in [3.8, 4) is 0 Å². The van der Waals surface area contributed by atoms with Crippen LogP contribution in [0.25, 0.3) is 0 Å². The first-order chi connectivity index (χ1) is 9.54. The molecule has 112 valence electrons. The minimum atomic E-state index is -0.768. The average molecular weight is 284 g/mol. The Kier molecular flexibility index (Phi) is 6.55. The summed E-state index contributed by atoms with van der Waals surface area (Å²) in [6.07, 6.45) is 4.08. The highest BCUT2D eigenvalue weighted by Gasteiger charge is 2.14. The first-order valence-corrected chi connectivity index (χ1v) is 6.71. The van der Waals surface area contributed by atoms with Crippen LogP contribution in [0.3, 0.4) is 0 Å². The van der Waals surface area contributed by atoms with E-state index in [0.29, 0.717) is 0 Å². The van der Waals surface area contributed by atoms with Crippen LogP contribution < -0.4 is 0 Å². The van der Waals surface area contributed by atoms with Crippen LogP contribution in [-0.2, 0) is 29.0 Å². The van der Waals surface area contributed by atoms with E-state index in [-0.39, 0.29) is 13.0 Å². The second kappa shape index (κ2) is 8.19. The average Bonchev–Trinajstić information content (AvgIpc) is 2.94. The molecule has 0 radical (unpaired) electrons. The van der Waals surface area contributed by atoms with Gasteiger partial charge >= 0.3 is 5.97 Å². The van der Waals surface area contributed by atoms with Crippen molar-refractivity contribution in [2.45, 2.75) is 45.6 Å². The Morgan fingerprint density at radius 3 is 2.90 bits per heavy atom. The predicted octanol–water partition coefficient (Wildman–Crippen LogP) is 2.06. The molecule has 1 aliphatic rings. The topological polar surface area (TPSA) is 94.6 Å². The Morgan fingerprint density at radius 1 is 1.55 bits per heavy atom. The van der Waals surface area contributed by atoms with Crippen molar-refractivity contribution in [3.05, 3.63) is 33.6 Å². The van der Waals surface area contributed by atoms with Crippen LogP contribution in [0.4, 0.5) is 0 Å². The van der Waals surface area contributed by atoms with E-state index >= 15 is 0 Å². The Morgan fingerprint density at radius 2 is 2.30 bits per heavy atom. The van der Waals surface area contributed by atoms with Gasteiger partial charge in [0.1, 0.15) is 0 Å². The summed E-state index contributed by atoms with van der Waals surface area (Å²) < 4.78 is 2.12. The molecule has 1 aromatic heterocycles. The highest BCUT2D eigenvalue weighted by atomic mass is 16.9. The zero-order valence-electron chi connectivity index (χ0n) is 11.6. The van der Waals surface area contributed by atoms with Crippen molar-refractivity contribution in [2.75, 3.05) is 6.61 Å². The Hall–Kier alpha value is -2.05. The Labute approximate surface area is 117 Å². The number of hydrogen-bond donors (Lipinski definition) is 1. The third-order valence-corrected chi connectivity index (χ3v) is 3.00. The van der Waals surface area contributed by atoms with Crippen LogP contribution in [0.15, 0.2) is 12.1 Å². The van der Waals surface area contributed by atoms with Gasteiger partial charge in [0.25, 0.3) is 5.09 Å². The molecule has 0 saturated heterocycles. The number of unbranched alkanes of at least 4 members (excludes halogenated alkanes) is 1. The van der Waals surface area contributed by atoms with Gasteiger partial charge in [-0.15, -0.1) is 10.1 Å². The van der Waals surface area contributed by atoms with Gasteiger partial charge in [0.15, 0.2) is 0 Å². The van der Waals surface area contributed by atoms with Crippen LogP contribution >= 0.6 is 0 Å². The summed E-state index contributed by atoms with van der Waals surface area (Å²) in [6, 6.07) is 3.95. The third kappa shape index (κ3) is 5.29. The standard InChI is InChI=1S/C9H11NO2.C4H9NO3/c11-9(12)6-8-4-3-7-2-1-5-10(7)8;1-2-3-4-8-5(6)7/h3-4H,1-2,5-6H2,(H,11,12);2-4H2,1H3. The molecule has 0 aromatic carbocycles. The molecule has 0 unspecified atom stereocenters. The van der Waals surface area contributed by atoms with E-state index < -0.39 is 11.1 Å². The molecule has 1 N–H and O–H groups in total. The number of nitrogens with zero attached hydrogens (tertiary/aromatic N) is 2. The van der Waals surface area contributed by atoms with E-state index in [2.05, 4.69) is 9.40 Å². The van der Waals surface area contributed by atoms with Crippen LogP contribution in [0.5, 0.6) is 0 Å². The fourth-order valence-electron chi connectivity index (χ4n) is 2.07. The summed E-state index contributed by atoms with van der Waals surface area (Å²) in [6.45, 7) is 3.16. The highest BCUT2D eigenvalue weighted by Crippen LogP contribution is 2.19. The molecular formula is C13H20N2O5. The second-order valence-electron chi connectivity index (χ2n) is 4.55. The first kappa shape index (κ1) is 16.0. The van der Waals surface area contributed by atoms with Crippen LogP contribution in [0.2, 0.25) is 0 Å². The molecule has 0 amide bonds. The van der Waals surface area contributed by atoms with Crippen LogP contribution in [-0.4, -0.2) is 27.3 Å². The van der Waals surface area contributed by atoms with E-state index in [0.717, 1.165) is 37.9 Å². The predicted molar refractivity (Wildman–Crippen MR) is 71.9 cm³/mol. The van der Waals surface area contributed by atoms with E-state index in [9.17, 15) is 14.9 Å². The molecule has 0 fully saturated rings. The number of hydrogen-bond acceptors (Lipinski definition) is 4. The SMILES string of the molecule is CCCCO[N+](=O)[O-].O=C(O)Cc1ccc2n1CCC2. The van der Waals surface area contributed by atoms with E-state index in [1.807, 2.05) is 19.1 Å². The summed E-state index contributed by atoms with van der Waals surface area (Å²) in [7, 11) is 0. The largest absolute Gasteiger partial charge is 0.481 e. The van der Waals surface area contributed by atoms with Gasteiger partial charge in [0.2, 0.25) is 0 Å². The van der Waals surface area contributed by atoms with Crippen molar-refractivity contribution in [2.24, 2.45) is 0 Å². The molecule has 1 aliphatic heterocycles. The van der Waals surface area contributed by atoms with Crippen molar-refractivity contribution < 1.29 is 19.8 Å². The molecule has 0 aliphatic carbocycles. The lowest BCUT2D eigenvalue weighted by Crippen LogP contribution is -2.06. The number of rotatable bonds is 6. The van der Waals surface area contributed by atoms with E-state index in [1.165, 1.54) is 5.69 Å². The Bertz CT molecular complexity index is 456. The summed E-state index contributed by atoms with van der Waals surface area (Å²) >= 11 is 0. The van der Waals surface area contributed by atoms with Gasteiger partial charge in [-0.2, -0.15) is 0 Å². The second-order valence-corrected chi connectivity index (χ2v) is 4.55. The molecule has 0 atom stereocenters. The first-order valence-electron chi connectivity index (χ1n) is 6.71.